The van der Waals surface area contributed by atoms with E-state index >= 15 is 0 Å². The number of hydrogen-bond acceptors (Lipinski definition) is 3. The number of nitrogens with zero attached hydrogens (tertiary/aromatic N) is 2. The van der Waals surface area contributed by atoms with Gasteiger partial charge in [0.25, 0.3) is 0 Å². The van der Waals surface area contributed by atoms with Gasteiger partial charge in [-0.1, -0.05) is 41.9 Å². The second-order valence-electron chi connectivity index (χ2n) is 5.95. The predicted molar refractivity (Wildman–Crippen MR) is 102 cm³/mol. The highest BCUT2D eigenvalue weighted by Gasteiger charge is 2.46. The van der Waals surface area contributed by atoms with Gasteiger partial charge in [-0.25, -0.2) is 14.3 Å². The fourth-order valence-corrected chi connectivity index (χ4v) is 3.13. The maximum absolute atomic E-state index is 13.2. The molecule has 1 heterocycles. The Morgan fingerprint density at radius 3 is 1.85 bits per heavy atom. The van der Waals surface area contributed by atoms with Gasteiger partial charge in [-0.05, 0) is 48.5 Å². The molecule has 0 saturated heterocycles. The van der Waals surface area contributed by atoms with Gasteiger partial charge >= 0.3 is 17.6 Å². The number of fused-ring (bicyclic) bond motifs is 1. The van der Waals surface area contributed by atoms with E-state index in [2.05, 4.69) is 0 Å². The second-order valence-corrected chi connectivity index (χ2v) is 6.39. The van der Waals surface area contributed by atoms with E-state index in [1.807, 2.05) is 0 Å². The molecular formula is C21H13ClN2O3. The molecule has 0 saturated carbocycles. The Hall–Kier alpha value is -3.44. The van der Waals surface area contributed by atoms with Crippen molar-refractivity contribution in [1.29, 1.82) is 0 Å². The molecule has 132 valence electrons. The lowest BCUT2D eigenvalue weighted by atomic mass is 10.1. The van der Waals surface area contributed by atoms with Crippen LogP contribution in [0.15, 0.2) is 78.9 Å². The Morgan fingerprint density at radius 1 is 0.778 bits per heavy atom. The van der Waals surface area contributed by atoms with Crippen LogP contribution in [0.4, 0.5) is 5.69 Å². The lowest BCUT2D eigenvalue weighted by Gasteiger charge is -2.18. The number of amidine groups is 1. The lowest BCUT2D eigenvalue weighted by Crippen LogP contribution is -2.40. The quantitative estimate of drug-likeness (QED) is 0.168. The molecule has 1 aliphatic rings. The lowest BCUT2D eigenvalue weighted by molar-refractivity contribution is -0.365. The van der Waals surface area contributed by atoms with Crippen molar-refractivity contribution in [1.82, 2.24) is 4.90 Å². The summed E-state index contributed by atoms with van der Waals surface area (Å²) in [5.41, 5.74) is 1.26. The zero-order valence-electron chi connectivity index (χ0n) is 14.0. The molecule has 6 heteroatoms. The van der Waals surface area contributed by atoms with Crippen molar-refractivity contribution in [2.75, 3.05) is 0 Å². The predicted octanol–water partition coefficient (Wildman–Crippen LogP) is 4.22. The van der Waals surface area contributed by atoms with E-state index in [0.29, 0.717) is 21.0 Å². The second kappa shape index (κ2) is 6.70. The van der Waals surface area contributed by atoms with Gasteiger partial charge in [-0.2, -0.15) is 0 Å². The number of hydrogen-bond donors (Lipinski definition) is 0. The molecule has 0 aromatic heterocycles. The summed E-state index contributed by atoms with van der Waals surface area (Å²) in [6.07, 6.45) is 0. The first-order valence-electron chi connectivity index (χ1n) is 8.21. The van der Waals surface area contributed by atoms with Gasteiger partial charge in [0.2, 0.25) is 0 Å². The van der Waals surface area contributed by atoms with Crippen LogP contribution in [0.1, 0.15) is 26.3 Å². The maximum atomic E-state index is 13.2. The van der Waals surface area contributed by atoms with Crippen molar-refractivity contribution in [2.24, 2.45) is 0 Å². The smallest absolute Gasteiger partial charge is 0.349 e. The summed E-state index contributed by atoms with van der Waals surface area (Å²) in [6.45, 7) is 0. The van der Waals surface area contributed by atoms with E-state index in [-0.39, 0.29) is 17.0 Å². The molecule has 0 radical (unpaired) electrons. The highest BCUT2D eigenvalue weighted by atomic mass is 35.5. The van der Waals surface area contributed by atoms with Crippen LogP contribution in [0, 0.1) is 5.21 Å². The SMILES string of the molecule is O=C1c2ccccc2C(=O)N1/C(c1ccc(Cl)cc1)=[N+](\[O-])c1ccccc1. The summed E-state index contributed by atoms with van der Waals surface area (Å²) in [5.74, 6) is -1.13. The fourth-order valence-electron chi connectivity index (χ4n) is 3.00. The number of imide groups is 1. The molecule has 27 heavy (non-hydrogen) atoms. The molecule has 3 aromatic rings. The van der Waals surface area contributed by atoms with Crippen LogP contribution >= 0.6 is 11.6 Å². The molecule has 0 unspecified atom stereocenters. The summed E-state index contributed by atoms with van der Waals surface area (Å²) >= 11 is 5.95. The summed E-state index contributed by atoms with van der Waals surface area (Å²) in [7, 11) is 0. The summed E-state index contributed by atoms with van der Waals surface area (Å²) in [5, 5.41) is 13.6. The Labute approximate surface area is 160 Å². The summed E-state index contributed by atoms with van der Waals surface area (Å²) < 4.78 is 0.588. The third kappa shape index (κ3) is 2.88. The van der Waals surface area contributed by atoms with E-state index < -0.39 is 11.8 Å². The zero-order chi connectivity index (χ0) is 19.0. The van der Waals surface area contributed by atoms with Gasteiger partial charge in [0, 0.05) is 5.02 Å². The first kappa shape index (κ1) is 17.0. The third-order valence-corrected chi connectivity index (χ3v) is 4.54. The van der Waals surface area contributed by atoms with Crippen molar-refractivity contribution >= 4 is 34.9 Å². The minimum atomic E-state index is -0.530. The fraction of sp³-hybridized carbons (Fsp3) is 0. The molecule has 5 nitrogen and oxygen atoms in total. The molecule has 3 aromatic carbocycles. The summed E-state index contributed by atoms with van der Waals surface area (Å²) in [6, 6.07) is 21.4. The van der Waals surface area contributed by atoms with Crippen LogP contribution < -0.4 is 0 Å². The van der Waals surface area contributed by atoms with E-state index in [1.165, 1.54) is 0 Å². The molecular weight excluding hydrogens is 364 g/mol. The number of para-hydroxylation sites is 1. The standard InChI is InChI=1S/C21H13ClN2O3/c22-15-12-10-14(11-13-15)19(24(27)16-6-2-1-3-7-16)23-20(25)17-8-4-5-9-18(17)21(23)26/h1-13H/b24-19-. The number of carbonyl (C=O) groups is 2. The first-order chi connectivity index (χ1) is 13.1. The Kier molecular flexibility index (Phi) is 4.22. The number of carbonyl (C=O) groups excluding carboxylic acids is 2. The van der Waals surface area contributed by atoms with Crippen molar-refractivity contribution in [3.05, 3.63) is 106 Å². The molecule has 0 bridgehead atoms. The number of rotatable bonds is 2. The first-order valence-corrected chi connectivity index (χ1v) is 8.59. The van der Waals surface area contributed by atoms with Crippen LogP contribution in [-0.2, 0) is 0 Å². The van der Waals surface area contributed by atoms with Crippen LogP contribution in [0.3, 0.4) is 0 Å². The van der Waals surface area contributed by atoms with Gasteiger partial charge in [0.1, 0.15) is 5.69 Å². The molecule has 1 aliphatic heterocycles. The minimum Gasteiger partial charge on any atom is -0.710 e. The third-order valence-electron chi connectivity index (χ3n) is 4.29. The van der Waals surface area contributed by atoms with Crippen LogP contribution in [0.25, 0.3) is 0 Å². The average molecular weight is 377 g/mol. The van der Waals surface area contributed by atoms with Crippen LogP contribution in [0.5, 0.6) is 0 Å². The van der Waals surface area contributed by atoms with Crippen LogP contribution in [-0.4, -0.2) is 27.3 Å². The number of halogens is 1. The zero-order valence-corrected chi connectivity index (χ0v) is 14.8. The van der Waals surface area contributed by atoms with E-state index in [1.54, 1.807) is 78.9 Å². The number of amides is 2. The van der Waals surface area contributed by atoms with Crippen molar-refractivity contribution in [3.63, 3.8) is 0 Å². The summed E-state index contributed by atoms with van der Waals surface area (Å²) in [4.78, 5) is 26.8. The minimum absolute atomic E-state index is 0.0657. The van der Waals surface area contributed by atoms with Crippen LogP contribution in [0.2, 0.25) is 5.02 Å². The van der Waals surface area contributed by atoms with Crippen molar-refractivity contribution in [2.45, 2.75) is 0 Å². The molecule has 0 atom stereocenters. The van der Waals surface area contributed by atoms with Gasteiger partial charge in [-0.15, -0.1) is 4.90 Å². The number of benzene rings is 3. The molecule has 0 fully saturated rings. The highest BCUT2D eigenvalue weighted by Crippen LogP contribution is 2.26. The Morgan fingerprint density at radius 2 is 1.30 bits per heavy atom. The van der Waals surface area contributed by atoms with Gasteiger partial charge in [0.05, 0.1) is 16.7 Å². The van der Waals surface area contributed by atoms with E-state index in [0.717, 1.165) is 4.90 Å². The largest absolute Gasteiger partial charge is 0.710 e. The average Bonchev–Trinajstić information content (AvgIpc) is 2.96. The van der Waals surface area contributed by atoms with Gasteiger partial charge < -0.3 is 5.21 Å². The Balaban J connectivity index is 1.94. The van der Waals surface area contributed by atoms with Crippen molar-refractivity contribution in [3.8, 4) is 0 Å². The van der Waals surface area contributed by atoms with E-state index in [9.17, 15) is 14.8 Å². The molecule has 0 spiro atoms. The topological polar surface area (TPSA) is 63.5 Å². The molecule has 0 aliphatic carbocycles. The molecule has 0 N–H and O–H groups in total. The van der Waals surface area contributed by atoms with Gasteiger partial charge in [-0.3, -0.25) is 0 Å². The van der Waals surface area contributed by atoms with Crippen molar-refractivity contribution < 1.29 is 14.3 Å². The van der Waals surface area contributed by atoms with Gasteiger partial charge in [0.15, 0.2) is 0 Å². The monoisotopic (exact) mass is 376 g/mol. The maximum Gasteiger partial charge on any atom is 0.349 e. The normalized spacial score (nSPS) is 14.2. The highest BCUT2D eigenvalue weighted by molar-refractivity contribution is 6.32. The Bertz CT molecular complexity index is 1040. The molecule has 2 amide bonds. The molecule has 4 rings (SSSR count). The van der Waals surface area contributed by atoms with E-state index in [4.69, 9.17) is 11.6 Å².